The van der Waals surface area contributed by atoms with Gasteiger partial charge in [0.05, 0.1) is 22.2 Å². The number of hydrogen-bond donors (Lipinski definition) is 1. The number of thiazole rings is 1. The molecule has 1 N–H and O–H groups in total. The number of carbonyl (C=O) groups is 1. The Kier molecular flexibility index (Phi) is 7.31. The van der Waals surface area contributed by atoms with Crippen LogP contribution in [0.15, 0.2) is 48.7 Å². The van der Waals surface area contributed by atoms with Gasteiger partial charge in [0.15, 0.2) is 5.13 Å². The first-order chi connectivity index (χ1) is 13.6. The number of nitrogens with zero attached hydrogens (tertiary/aromatic N) is 1. The van der Waals surface area contributed by atoms with Crippen LogP contribution >= 0.6 is 34.5 Å². The number of ether oxygens (including phenoxy) is 1. The number of benzene rings is 2. The second kappa shape index (κ2) is 9.92. The van der Waals surface area contributed by atoms with Crippen molar-refractivity contribution in [3.05, 3.63) is 74.7 Å². The van der Waals surface area contributed by atoms with Gasteiger partial charge in [0.25, 0.3) is 5.91 Å². The van der Waals surface area contributed by atoms with Crippen molar-refractivity contribution in [1.82, 2.24) is 4.98 Å². The summed E-state index contributed by atoms with van der Waals surface area (Å²) in [5.74, 6) is 0.351. The normalized spacial score (nSPS) is 10.7. The molecule has 0 radical (unpaired) electrons. The second-order valence-electron chi connectivity index (χ2n) is 6.21. The quantitative estimate of drug-likeness (QED) is 0.413. The van der Waals surface area contributed by atoms with Gasteiger partial charge in [-0.15, -0.1) is 11.3 Å². The fourth-order valence-corrected chi connectivity index (χ4v) is 3.73. The van der Waals surface area contributed by atoms with Gasteiger partial charge in [-0.25, -0.2) is 4.98 Å². The Morgan fingerprint density at radius 1 is 1.18 bits per heavy atom. The summed E-state index contributed by atoms with van der Waals surface area (Å²) < 4.78 is 5.74. The lowest BCUT2D eigenvalue weighted by atomic mass is 10.1. The van der Waals surface area contributed by atoms with E-state index < -0.39 is 0 Å². The molecule has 0 fully saturated rings. The number of unbranched alkanes of at least 4 members (excludes halogenated alkanes) is 1. The molecule has 0 aliphatic rings. The summed E-state index contributed by atoms with van der Waals surface area (Å²) in [6.45, 7) is 2.69. The maximum Gasteiger partial charge on any atom is 0.261 e. The van der Waals surface area contributed by atoms with Crippen molar-refractivity contribution >= 4 is 45.6 Å². The van der Waals surface area contributed by atoms with Crippen molar-refractivity contribution < 1.29 is 9.53 Å². The van der Waals surface area contributed by atoms with Crippen molar-refractivity contribution in [2.75, 3.05) is 11.9 Å². The van der Waals surface area contributed by atoms with Crippen LogP contribution in [-0.2, 0) is 6.42 Å². The monoisotopic (exact) mass is 434 g/mol. The maximum atomic E-state index is 12.7. The predicted molar refractivity (Wildman–Crippen MR) is 116 cm³/mol. The fraction of sp³-hybridized carbons (Fsp3) is 0.238. The molecule has 1 aromatic heterocycles. The van der Waals surface area contributed by atoms with Crippen LogP contribution in [-0.4, -0.2) is 17.5 Å². The van der Waals surface area contributed by atoms with E-state index in [1.807, 2.05) is 30.3 Å². The molecule has 146 valence electrons. The smallest absolute Gasteiger partial charge is 0.261 e. The molecule has 1 amide bonds. The standard InChI is InChI=1S/C21H20Cl2N2O2S/c1-2-3-10-27-19-7-5-4-6-16(19)20(26)25-21-24-13-15(28-21)11-14-8-9-17(22)18(23)12-14/h4-9,12-13H,2-3,10-11H2,1H3,(H,24,25,26). The molecule has 0 aliphatic heterocycles. The van der Waals surface area contributed by atoms with Crippen LogP contribution in [0.5, 0.6) is 5.75 Å². The first-order valence-electron chi connectivity index (χ1n) is 8.98. The highest BCUT2D eigenvalue weighted by atomic mass is 35.5. The Morgan fingerprint density at radius 3 is 2.79 bits per heavy atom. The lowest BCUT2D eigenvalue weighted by Gasteiger charge is -2.10. The number of carbonyl (C=O) groups excluding carboxylic acids is 1. The van der Waals surface area contributed by atoms with Crippen LogP contribution in [0.3, 0.4) is 0 Å². The van der Waals surface area contributed by atoms with E-state index in [4.69, 9.17) is 27.9 Å². The zero-order chi connectivity index (χ0) is 19.9. The van der Waals surface area contributed by atoms with Crippen molar-refractivity contribution in [3.63, 3.8) is 0 Å². The van der Waals surface area contributed by atoms with E-state index in [0.717, 1.165) is 23.3 Å². The first kappa shape index (κ1) is 20.6. The van der Waals surface area contributed by atoms with Crippen LogP contribution in [0.25, 0.3) is 0 Å². The molecule has 0 atom stereocenters. The van der Waals surface area contributed by atoms with E-state index in [0.29, 0.717) is 39.5 Å². The number of nitrogens with one attached hydrogen (secondary N) is 1. The molecule has 3 aromatic rings. The molecule has 0 aliphatic carbocycles. The van der Waals surface area contributed by atoms with Crippen LogP contribution in [0.1, 0.15) is 40.6 Å². The molecule has 1 heterocycles. The number of rotatable bonds is 8. The molecular weight excluding hydrogens is 415 g/mol. The number of hydrogen-bond acceptors (Lipinski definition) is 4. The van der Waals surface area contributed by atoms with E-state index in [9.17, 15) is 4.79 Å². The molecule has 2 aromatic carbocycles. The largest absolute Gasteiger partial charge is 0.493 e. The topological polar surface area (TPSA) is 51.2 Å². The Morgan fingerprint density at radius 2 is 2.00 bits per heavy atom. The summed E-state index contributed by atoms with van der Waals surface area (Å²) in [5.41, 5.74) is 1.53. The van der Waals surface area contributed by atoms with Crippen LogP contribution in [0, 0.1) is 0 Å². The third-order valence-corrected chi connectivity index (χ3v) is 5.68. The van der Waals surface area contributed by atoms with E-state index in [1.165, 1.54) is 11.3 Å². The summed E-state index contributed by atoms with van der Waals surface area (Å²) in [5, 5.41) is 4.46. The molecule has 0 unspecified atom stereocenters. The molecule has 3 rings (SSSR count). The SMILES string of the molecule is CCCCOc1ccccc1C(=O)Nc1ncc(Cc2ccc(Cl)c(Cl)c2)s1. The van der Waals surface area contributed by atoms with Crippen molar-refractivity contribution in [2.45, 2.75) is 26.2 Å². The number of aromatic nitrogens is 1. The fourth-order valence-electron chi connectivity index (χ4n) is 2.57. The Labute approximate surface area is 178 Å². The second-order valence-corrected chi connectivity index (χ2v) is 8.14. The van der Waals surface area contributed by atoms with E-state index in [1.54, 1.807) is 18.3 Å². The van der Waals surface area contributed by atoms with Crippen molar-refractivity contribution in [1.29, 1.82) is 0 Å². The summed E-state index contributed by atoms with van der Waals surface area (Å²) >= 11 is 13.5. The van der Waals surface area contributed by atoms with Gasteiger partial charge >= 0.3 is 0 Å². The van der Waals surface area contributed by atoms with Gasteiger partial charge in [-0.1, -0.05) is 54.7 Å². The minimum atomic E-state index is -0.234. The molecule has 0 bridgehead atoms. The van der Waals surface area contributed by atoms with Gasteiger partial charge in [-0.05, 0) is 36.2 Å². The summed E-state index contributed by atoms with van der Waals surface area (Å²) in [6.07, 6.45) is 4.41. The zero-order valence-corrected chi connectivity index (χ0v) is 17.7. The molecule has 0 saturated carbocycles. The van der Waals surface area contributed by atoms with Crippen molar-refractivity contribution in [3.8, 4) is 5.75 Å². The molecule has 4 nitrogen and oxygen atoms in total. The van der Waals surface area contributed by atoms with E-state index >= 15 is 0 Å². The zero-order valence-electron chi connectivity index (χ0n) is 15.4. The van der Waals surface area contributed by atoms with Gasteiger partial charge < -0.3 is 4.74 Å². The maximum absolute atomic E-state index is 12.7. The Hall–Kier alpha value is -2.08. The molecule has 7 heteroatoms. The number of anilines is 1. The highest BCUT2D eigenvalue weighted by Gasteiger charge is 2.14. The minimum Gasteiger partial charge on any atom is -0.493 e. The number of halogens is 2. The van der Waals surface area contributed by atoms with Crippen LogP contribution < -0.4 is 10.1 Å². The molecular formula is C21H20Cl2N2O2S. The van der Waals surface area contributed by atoms with Crippen molar-refractivity contribution in [2.24, 2.45) is 0 Å². The highest BCUT2D eigenvalue weighted by Crippen LogP contribution is 2.27. The number of amides is 1. The van der Waals surface area contributed by atoms with Gasteiger partial charge in [0, 0.05) is 17.5 Å². The Bertz CT molecular complexity index is 959. The van der Waals surface area contributed by atoms with E-state index in [2.05, 4.69) is 17.2 Å². The van der Waals surface area contributed by atoms with E-state index in [-0.39, 0.29) is 5.91 Å². The average molecular weight is 435 g/mol. The third-order valence-electron chi connectivity index (χ3n) is 4.02. The minimum absolute atomic E-state index is 0.234. The van der Waals surface area contributed by atoms with Gasteiger partial charge in [-0.3, -0.25) is 10.1 Å². The van der Waals surface area contributed by atoms with Gasteiger partial charge in [0.1, 0.15) is 5.75 Å². The average Bonchev–Trinajstić information content (AvgIpc) is 3.12. The Balaban J connectivity index is 1.66. The molecule has 0 spiro atoms. The number of para-hydroxylation sites is 1. The van der Waals surface area contributed by atoms with Crippen LogP contribution in [0.2, 0.25) is 10.0 Å². The highest BCUT2D eigenvalue weighted by molar-refractivity contribution is 7.15. The third kappa shape index (κ3) is 5.47. The lowest BCUT2D eigenvalue weighted by Crippen LogP contribution is -2.13. The summed E-state index contributed by atoms with van der Waals surface area (Å²) in [6, 6.07) is 12.8. The summed E-state index contributed by atoms with van der Waals surface area (Å²) in [7, 11) is 0. The predicted octanol–water partition coefficient (Wildman–Crippen LogP) is 6.47. The summed E-state index contributed by atoms with van der Waals surface area (Å²) in [4.78, 5) is 18.0. The molecule has 0 saturated heterocycles. The van der Waals surface area contributed by atoms with Gasteiger partial charge in [-0.2, -0.15) is 0 Å². The van der Waals surface area contributed by atoms with Gasteiger partial charge in [0.2, 0.25) is 0 Å². The molecule has 28 heavy (non-hydrogen) atoms. The first-order valence-corrected chi connectivity index (χ1v) is 10.6. The van der Waals surface area contributed by atoms with Crippen LogP contribution in [0.4, 0.5) is 5.13 Å². The lowest BCUT2D eigenvalue weighted by molar-refractivity contribution is 0.102.